The van der Waals surface area contributed by atoms with Gasteiger partial charge in [-0.15, -0.1) is 0 Å². The van der Waals surface area contributed by atoms with E-state index >= 15 is 0 Å². The zero-order valence-corrected chi connectivity index (χ0v) is 11.5. The normalized spacial score (nSPS) is 22.8. The Labute approximate surface area is 112 Å². The lowest BCUT2D eigenvalue weighted by Crippen LogP contribution is -2.28. The maximum Gasteiger partial charge on any atom is 0.341 e. The number of methoxy groups -OCH3 is 1. The lowest BCUT2D eigenvalue weighted by molar-refractivity contribution is 0.0601. The molecule has 18 heavy (non-hydrogen) atoms. The van der Waals surface area contributed by atoms with Crippen LogP contribution in [0.2, 0.25) is 0 Å². The molecular formula is C13H18N2O2S. The molecule has 98 valence electrons. The summed E-state index contributed by atoms with van der Waals surface area (Å²) in [7, 11) is 1.38. The Hall–Kier alpha value is -1.23. The summed E-state index contributed by atoms with van der Waals surface area (Å²) in [5.74, 6) is 1.47. The second-order valence-electron chi connectivity index (χ2n) is 4.65. The van der Waals surface area contributed by atoms with Gasteiger partial charge in [0.25, 0.3) is 0 Å². The highest BCUT2D eigenvalue weighted by molar-refractivity contribution is 8.00. The molecule has 5 heteroatoms. The molecule has 1 saturated heterocycles. The summed E-state index contributed by atoms with van der Waals surface area (Å²) in [5, 5.41) is 3.28. The van der Waals surface area contributed by atoms with E-state index in [9.17, 15) is 4.79 Å². The largest absolute Gasteiger partial charge is 0.465 e. The molecule has 0 spiro atoms. The van der Waals surface area contributed by atoms with Gasteiger partial charge in [0.2, 0.25) is 0 Å². The maximum atomic E-state index is 11.6. The Morgan fingerprint density at radius 2 is 2.50 bits per heavy atom. The number of anilines is 1. The van der Waals surface area contributed by atoms with Crippen LogP contribution in [0.25, 0.3) is 0 Å². The molecule has 1 aromatic heterocycles. The number of thioether (sulfide) groups is 1. The summed E-state index contributed by atoms with van der Waals surface area (Å²) < 4.78 is 4.99. The molecule has 1 unspecified atom stereocenters. The molecular weight excluding hydrogens is 248 g/mol. The minimum Gasteiger partial charge on any atom is -0.465 e. The van der Waals surface area contributed by atoms with Gasteiger partial charge in [0.05, 0.1) is 7.11 Å². The summed E-state index contributed by atoms with van der Waals surface area (Å²) in [4.78, 5) is 15.8. The molecule has 1 aromatic rings. The quantitative estimate of drug-likeness (QED) is 0.849. The first-order valence-electron chi connectivity index (χ1n) is 6.06. The van der Waals surface area contributed by atoms with Gasteiger partial charge in [-0.05, 0) is 37.7 Å². The SMILES string of the molecule is COC(=O)c1cccnc1NCC1(C)CCCS1. The molecule has 0 aromatic carbocycles. The number of ether oxygens (including phenoxy) is 1. The summed E-state index contributed by atoms with van der Waals surface area (Å²) in [6, 6.07) is 3.47. The fraction of sp³-hybridized carbons (Fsp3) is 0.538. The molecule has 1 aliphatic rings. The summed E-state index contributed by atoms with van der Waals surface area (Å²) in [6.45, 7) is 3.07. The Balaban J connectivity index is 2.07. The number of carbonyl (C=O) groups excluding carboxylic acids is 1. The van der Waals surface area contributed by atoms with Gasteiger partial charge in [0.15, 0.2) is 0 Å². The highest BCUT2D eigenvalue weighted by atomic mass is 32.2. The molecule has 1 fully saturated rings. The van der Waals surface area contributed by atoms with Crippen LogP contribution in [0.4, 0.5) is 5.82 Å². The first-order valence-corrected chi connectivity index (χ1v) is 7.04. The average molecular weight is 266 g/mol. The van der Waals surface area contributed by atoms with Crippen molar-refractivity contribution in [3.8, 4) is 0 Å². The van der Waals surface area contributed by atoms with Crippen molar-refractivity contribution in [3.63, 3.8) is 0 Å². The molecule has 0 radical (unpaired) electrons. The van der Waals surface area contributed by atoms with Crippen molar-refractivity contribution < 1.29 is 9.53 Å². The third-order valence-corrected chi connectivity index (χ3v) is 4.68. The third kappa shape index (κ3) is 2.96. The number of pyridine rings is 1. The second-order valence-corrected chi connectivity index (χ2v) is 6.33. The fourth-order valence-corrected chi connectivity index (χ4v) is 3.31. The van der Waals surface area contributed by atoms with E-state index in [0.29, 0.717) is 11.4 Å². The summed E-state index contributed by atoms with van der Waals surface area (Å²) in [5.41, 5.74) is 0.492. The van der Waals surface area contributed by atoms with Crippen molar-refractivity contribution in [2.75, 3.05) is 24.7 Å². The van der Waals surface area contributed by atoms with E-state index in [2.05, 4.69) is 17.2 Å². The molecule has 0 bridgehead atoms. The minimum atomic E-state index is -0.352. The zero-order valence-electron chi connectivity index (χ0n) is 10.7. The van der Waals surface area contributed by atoms with Crippen LogP contribution in [0.3, 0.4) is 0 Å². The molecule has 2 rings (SSSR count). The molecule has 0 amide bonds. The number of nitrogens with zero attached hydrogens (tertiary/aromatic N) is 1. The smallest absolute Gasteiger partial charge is 0.341 e. The fourth-order valence-electron chi connectivity index (χ4n) is 2.07. The van der Waals surface area contributed by atoms with Gasteiger partial charge >= 0.3 is 5.97 Å². The van der Waals surface area contributed by atoms with Crippen LogP contribution >= 0.6 is 11.8 Å². The Morgan fingerprint density at radius 3 is 3.17 bits per heavy atom. The predicted octanol–water partition coefficient (Wildman–Crippen LogP) is 2.57. The molecule has 2 heterocycles. The van der Waals surface area contributed by atoms with Crippen LogP contribution in [0.5, 0.6) is 0 Å². The Kier molecular flexibility index (Phi) is 4.11. The standard InChI is InChI=1S/C13H18N2O2S/c1-13(6-4-8-18-13)9-15-11-10(12(16)17-2)5-3-7-14-11/h3,5,7H,4,6,8-9H2,1-2H3,(H,14,15). The van der Waals surface area contributed by atoms with Crippen molar-refractivity contribution in [1.82, 2.24) is 4.98 Å². The average Bonchev–Trinajstić information content (AvgIpc) is 2.83. The topological polar surface area (TPSA) is 51.2 Å². The van der Waals surface area contributed by atoms with E-state index in [4.69, 9.17) is 4.74 Å². The number of rotatable bonds is 4. The van der Waals surface area contributed by atoms with Gasteiger partial charge in [0.1, 0.15) is 11.4 Å². The van der Waals surface area contributed by atoms with Crippen LogP contribution in [-0.2, 0) is 4.74 Å². The Bertz CT molecular complexity index is 431. The zero-order chi connectivity index (χ0) is 13.0. The van der Waals surface area contributed by atoms with Crippen molar-refractivity contribution in [3.05, 3.63) is 23.9 Å². The van der Waals surface area contributed by atoms with Crippen LogP contribution in [0, 0.1) is 0 Å². The van der Waals surface area contributed by atoms with Crippen molar-refractivity contribution in [2.45, 2.75) is 24.5 Å². The van der Waals surface area contributed by atoms with E-state index in [-0.39, 0.29) is 10.7 Å². The summed E-state index contributed by atoms with van der Waals surface area (Å²) >= 11 is 1.98. The van der Waals surface area contributed by atoms with E-state index in [1.807, 2.05) is 11.8 Å². The Morgan fingerprint density at radius 1 is 1.67 bits per heavy atom. The van der Waals surface area contributed by atoms with Gasteiger partial charge in [-0.25, -0.2) is 9.78 Å². The van der Waals surface area contributed by atoms with Crippen LogP contribution in [-0.4, -0.2) is 35.1 Å². The van der Waals surface area contributed by atoms with Gasteiger partial charge in [0, 0.05) is 17.5 Å². The van der Waals surface area contributed by atoms with Gasteiger partial charge < -0.3 is 10.1 Å². The van der Waals surface area contributed by atoms with Gasteiger partial charge in [-0.2, -0.15) is 11.8 Å². The van der Waals surface area contributed by atoms with Gasteiger partial charge in [-0.3, -0.25) is 0 Å². The predicted molar refractivity (Wildman–Crippen MR) is 74.2 cm³/mol. The lowest BCUT2D eigenvalue weighted by atomic mass is 10.1. The van der Waals surface area contributed by atoms with E-state index < -0.39 is 0 Å². The van der Waals surface area contributed by atoms with Crippen molar-refractivity contribution in [2.24, 2.45) is 0 Å². The maximum absolute atomic E-state index is 11.6. The molecule has 0 aliphatic carbocycles. The number of carbonyl (C=O) groups is 1. The first kappa shape index (κ1) is 13.2. The molecule has 0 saturated carbocycles. The number of nitrogens with one attached hydrogen (secondary N) is 1. The number of hydrogen-bond acceptors (Lipinski definition) is 5. The number of aromatic nitrogens is 1. The van der Waals surface area contributed by atoms with Crippen molar-refractivity contribution in [1.29, 1.82) is 0 Å². The van der Waals surface area contributed by atoms with Crippen LogP contribution in [0.15, 0.2) is 18.3 Å². The highest BCUT2D eigenvalue weighted by Crippen LogP contribution is 2.37. The monoisotopic (exact) mass is 266 g/mol. The second kappa shape index (κ2) is 5.61. The molecule has 1 N–H and O–H groups in total. The third-order valence-electron chi connectivity index (χ3n) is 3.14. The minimum absolute atomic E-state index is 0.241. The van der Waals surface area contributed by atoms with E-state index in [1.165, 1.54) is 25.7 Å². The summed E-state index contributed by atoms with van der Waals surface area (Å²) in [6.07, 6.45) is 4.14. The van der Waals surface area contributed by atoms with Crippen LogP contribution in [0.1, 0.15) is 30.1 Å². The van der Waals surface area contributed by atoms with Gasteiger partial charge in [-0.1, -0.05) is 0 Å². The highest BCUT2D eigenvalue weighted by Gasteiger charge is 2.29. The molecule has 4 nitrogen and oxygen atoms in total. The molecule has 1 atom stereocenters. The lowest BCUT2D eigenvalue weighted by Gasteiger charge is -2.23. The molecule has 1 aliphatic heterocycles. The number of esters is 1. The van der Waals surface area contributed by atoms with Crippen LogP contribution < -0.4 is 5.32 Å². The number of hydrogen-bond donors (Lipinski definition) is 1. The van der Waals surface area contributed by atoms with Crippen molar-refractivity contribution >= 4 is 23.5 Å². The first-order chi connectivity index (χ1) is 8.64. The van der Waals surface area contributed by atoms with E-state index in [1.54, 1.807) is 18.3 Å². The van der Waals surface area contributed by atoms with E-state index in [0.717, 1.165) is 6.54 Å².